The number of aliphatic hydroxyl groups excluding tert-OH is 1. The quantitative estimate of drug-likeness (QED) is 0.848. The third kappa shape index (κ3) is 4.57. The molecule has 0 aliphatic heterocycles. The number of hydrogen-bond donors (Lipinski definition) is 2. The van der Waals surface area contributed by atoms with Crippen LogP contribution in [0.3, 0.4) is 0 Å². The molecule has 2 N–H and O–H groups in total. The van der Waals surface area contributed by atoms with Crippen LogP contribution in [0.25, 0.3) is 0 Å². The Morgan fingerprint density at radius 1 is 1.41 bits per heavy atom. The van der Waals surface area contributed by atoms with Gasteiger partial charge in [-0.25, -0.2) is 8.78 Å². The third-order valence-electron chi connectivity index (χ3n) is 2.04. The summed E-state index contributed by atoms with van der Waals surface area (Å²) in [6, 6.07) is 2.31. The number of aliphatic hydroxyl groups is 1. The Hall–Kier alpha value is -0.720. The highest BCUT2D eigenvalue weighted by molar-refractivity contribution is 9.10. The molecule has 1 rings (SSSR count). The van der Waals surface area contributed by atoms with E-state index in [2.05, 4.69) is 21.2 Å². The lowest BCUT2D eigenvalue weighted by atomic mass is 10.2. The number of hydrogen-bond acceptors (Lipinski definition) is 3. The molecule has 0 spiro atoms. The van der Waals surface area contributed by atoms with E-state index in [1.165, 1.54) is 0 Å². The SMILES string of the molecule is CCOCC(O)CNc1c(F)cc(Br)cc1F. The highest BCUT2D eigenvalue weighted by Gasteiger charge is 2.12. The molecule has 0 fully saturated rings. The number of anilines is 1. The van der Waals surface area contributed by atoms with E-state index in [9.17, 15) is 13.9 Å². The molecule has 0 aliphatic rings. The zero-order valence-corrected chi connectivity index (χ0v) is 10.9. The van der Waals surface area contributed by atoms with Crippen LogP contribution in [0.4, 0.5) is 14.5 Å². The molecular formula is C11H14BrF2NO2. The lowest BCUT2D eigenvalue weighted by Gasteiger charge is -2.13. The normalized spacial score (nSPS) is 12.5. The molecule has 6 heteroatoms. The molecule has 3 nitrogen and oxygen atoms in total. The van der Waals surface area contributed by atoms with Crippen molar-refractivity contribution in [2.24, 2.45) is 0 Å². The van der Waals surface area contributed by atoms with E-state index < -0.39 is 17.7 Å². The summed E-state index contributed by atoms with van der Waals surface area (Å²) < 4.78 is 32.0. The van der Waals surface area contributed by atoms with Crippen molar-refractivity contribution in [1.82, 2.24) is 0 Å². The van der Waals surface area contributed by atoms with Crippen molar-refractivity contribution < 1.29 is 18.6 Å². The summed E-state index contributed by atoms with van der Waals surface area (Å²) in [5.41, 5.74) is -0.247. The van der Waals surface area contributed by atoms with Crippen LogP contribution in [-0.4, -0.2) is 31.0 Å². The summed E-state index contributed by atoms with van der Waals surface area (Å²) in [6.45, 7) is 2.44. The zero-order chi connectivity index (χ0) is 12.8. The second-order valence-electron chi connectivity index (χ2n) is 3.44. The summed E-state index contributed by atoms with van der Waals surface area (Å²) in [6.07, 6.45) is -0.808. The number of nitrogens with one attached hydrogen (secondary N) is 1. The lowest BCUT2D eigenvalue weighted by molar-refractivity contribution is 0.0495. The Bertz CT molecular complexity index is 353. The number of rotatable bonds is 6. The van der Waals surface area contributed by atoms with Gasteiger partial charge in [0.05, 0.1) is 12.7 Å². The fourth-order valence-corrected chi connectivity index (χ4v) is 1.65. The highest BCUT2D eigenvalue weighted by atomic mass is 79.9. The Morgan fingerprint density at radius 3 is 2.53 bits per heavy atom. The van der Waals surface area contributed by atoms with E-state index in [4.69, 9.17) is 4.74 Å². The molecule has 1 unspecified atom stereocenters. The standard InChI is InChI=1S/C11H14BrF2NO2/c1-2-17-6-8(16)5-15-11-9(13)3-7(12)4-10(11)14/h3-4,8,15-16H,2,5-6H2,1H3. The summed E-state index contributed by atoms with van der Waals surface area (Å²) in [4.78, 5) is 0. The van der Waals surface area contributed by atoms with Gasteiger partial charge in [0.25, 0.3) is 0 Å². The van der Waals surface area contributed by atoms with E-state index in [-0.39, 0.29) is 18.8 Å². The molecule has 0 bridgehead atoms. The van der Waals surface area contributed by atoms with Gasteiger partial charge < -0.3 is 15.2 Å². The maximum atomic E-state index is 13.4. The van der Waals surface area contributed by atoms with E-state index in [0.29, 0.717) is 11.1 Å². The van der Waals surface area contributed by atoms with Crippen molar-refractivity contribution in [3.8, 4) is 0 Å². The minimum Gasteiger partial charge on any atom is -0.389 e. The van der Waals surface area contributed by atoms with Crippen LogP contribution in [0, 0.1) is 11.6 Å². The van der Waals surface area contributed by atoms with Crippen molar-refractivity contribution in [2.75, 3.05) is 25.1 Å². The largest absolute Gasteiger partial charge is 0.389 e. The predicted molar refractivity (Wildman–Crippen MR) is 65.0 cm³/mol. The van der Waals surface area contributed by atoms with Crippen LogP contribution in [0.2, 0.25) is 0 Å². The zero-order valence-electron chi connectivity index (χ0n) is 9.34. The number of benzene rings is 1. The third-order valence-corrected chi connectivity index (χ3v) is 2.49. The van der Waals surface area contributed by atoms with E-state index in [1.54, 1.807) is 6.92 Å². The van der Waals surface area contributed by atoms with Crippen LogP contribution in [0.15, 0.2) is 16.6 Å². The van der Waals surface area contributed by atoms with Gasteiger partial charge in [-0.05, 0) is 19.1 Å². The highest BCUT2D eigenvalue weighted by Crippen LogP contribution is 2.23. The van der Waals surface area contributed by atoms with Crippen LogP contribution < -0.4 is 5.32 Å². The van der Waals surface area contributed by atoms with Crippen molar-refractivity contribution >= 4 is 21.6 Å². The van der Waals surface area contributed by atoms with Gasteiger partial charge in [0.2, 0.25) is 0 Å². The molecule has 1 aromatic rings. The van der Waals surface area contributed by atoms with Crippen molar-refractivity contribution in [1.29, 1.82) is 0 Å². The van der Waals surface area contributed by atoms with Crippen LogP contribution in [-0.2, 0) is 4.74 Å². The first-order valence-electron chi connectivity index (χ1n) is 5.18. The fourth-order valence-electron chi connectivity index (χ4n) is 1.24. The first kappa shape index (κ1) is 14.3. The molecular weight excluding hydrogens is 296 g/mol. The van der Waals surface area contributed by atoms with Gasteiger partial charge in [0, 0.05) is 17.6 Å². The van der Waals surface area contributed by atoms with Crippen LogP contribution >= 0.6 is 15.9 Å². The molecule has 0 saturated heterocycles. The monoisotopic (exact) mass is 309 g/mol. The molecule has 0 saturated carbocycles. The Morgan fingerprint density at radius 2 is 2.00 bits per heavy atom. The average molecular weight is 310 g/mol. The van der Waals surface area contributed by atoms with Crippen molar-refractivity contribution in [3.63, 3.8) is 0 Å². The van der Waals surface area contributed by atoms with Gasteiger partial charge >= 0.3 is 0 Å². The summed E-state index contributed by atoms with van der Waals surface area (Å²) in [5.74, 6) is -1.42. The van der Waals surface area contributed by atoms with Crippen LogP contribution in [0.1, 0.15) is 6.92 Å². The maximum absolute atomic E-state index is 13.4. The first-order chi connectivity index (χ1) is 8.04. The molecule has 17 heavy (non-hydrogen) atoms. The predicted octanol–water partition coefficient (Wildman–Crippen LogP) is 2.54. The lowest BCUT2D eigenvalue weighted by Crippen LogP contribution is -2.25. The van der Waals surface area contributed by atoms with Gasteiger partial charge in [-0.2, -0.15) is 0 Å². The summed E-state index contributed by atoms with van der Waals surface area (Å²) >= 11 is 2.98. The second kappa shape index (κ2) is 6.88. The Kier molecular flexibility index (Phi) is 5.80. The second-order valence-corrected chi connectivity index (χ2v) is 4.35. The fraction of sp³-hybridized carbons (Fsp3) is 0.455. The smallest absolute Gasteiger partial charge is 0.150 e. The van der Waals surface area contributed by atoms with Gasteiger partial charge in [-0.15, -0.1) is 0 Å². The van der Waals surface area contributed by atoms with E-state index >= 15 is 0 Å². The Labute approximate surface area is 107 Å². The van der Waals surface area contributed by atoms with Gasteiger partial charge in [-0.3, -0.25) is 0 Å². The molecule has 96 valence electrons. The van der Waals surface area contributed by atoms with E-state index in [0.717, 1.165) is 12.1 Å². The summed E-state index contributed by atoms with van der Waals surface area (Å²) in [7, 11) is 0. The average Bonchev–Trinajstić information content (AvgIpc) is 2.24. The Balaban J connectivity index is 2.57. The molecule has 0 aromatic heterocycles. The number of halogens is 3. The topological polar surface area (TPSA) is 41.5 Å². The molecule has 1 atom stereocenters. The minimum atomic E-state index is -0.808. The molecule has 1 aromatic carbocycles. The number of ether oxygens (including phenoxy) is 1. The van der Waals surface area contributed by atoms with Crippen molar-refractivity contribution in [2.45, 2.75) is 13.0 Å². The van der Waals surface area contributed by atoms with Gasteiger partial charge in [-0.1, -0.05) is 15.9 Å². The van der Waals surface area contributed by atoms with Crippen molar-refractivity contribution in [3.05, 3.63) is 28.2 Å². The maximum Gasteiger partial charge on any atom is 0.150 e. The van der Waals surface area contributed by atoms with Gasteiger partial charge in [0.15, 0.2) is 0 Å². The molecule has 0 heterocycles. The molecule has 0 aliphatic carbocycles. The van der Waals surface area contributed by atoms with Gasteiger partial charge in [0.1, 0.15) is 17.3 Å². The first-order valence-corrected chi connectivity index (χ1v) is 5.98. The molecule has 0 amide bonds. The summed E-state index contributed by atoms with van der Waals surface area (Å²) in [5, 5.41) is 12.0. The minimum absolute atomic E-state index is 0.0233. The van der Waals surface area contributed by atoms with Crippen LogP contribution in [0.5, 0.6) is 0 Å². The van der Waals surface area contributed by atoms with E-state index in [1.807, 2.05) is 0 Å². The molecule has 0 radical (unpaired) electrons.